The van der Waals surface area contributed by atoms with Crippen molar-refractivity contribution < 1.29 is 14.3 Å². The van der Waals surface area contributed by atoms with Crippen LogP contribution >= 0.6 is 39.0 Å². The maximum Gasteiger partial charge on any atom is 0.250 e. The Balaban J connectivity index is 1.57. The van der Waals surface area contributed by atoms with Crippen LogP contribution in [0.2, 0.25) is 0 Å². The summed E-state index contributed by atoms with van der Waals surface area (Å²) in [5, 5.41) is 4.04. The van der Waals surface area contributed by atoms with E-state index in [1.54, 1.807) is 17.6 Å². The van der Waals surface area contributed by atoms with Gasteiger partial charge in [0.25, 0.3) is 5.91 Å². The van der Waals surface area contributed by atoms with Gasteiger partial charge in [-0.3, -0.25) is 4.79 Å². The van der Waals surface area contributed by atoms with Crippen LogP contribution in [0, 0.1) is 0 Å². The number of thiazole rings is 1. The zero-order chi connectivity index (χ0) is 20.6. The highest BCUT2D eigenvalue weighted by atomic mass is 79.9. The number of hydrogen-bond acceptors (Lipinski definition) is 7. The molecule has 0 unspecified atom stereocenters. The second kappa shape index (κ2) is 10.6. The van der Waals surface area contributed by atoms with E-state index in [-0.39, 0.29) is 11.7 Å². The average molecular weight is 494 g/mol. The first-order chi connectivity index (χ1) is 14.1. The molecule has 0 spiro atoms. The third kappa shape index (κ3) is 5.94. The number of benzene rings is 2. The molecule has 1 N–H and O–H groups in total. The summed E-state index contributed by atoms with van der Waals surface area (Å²) in [5.41, 5.74) is 4.27. The summed E-state index contributed by atoms with van der Waals surface area (Å²) >= 11 is 6.46. The average Bonchev–Trinajstić information content (AvgIpc) is 3.12. The van der Waals surface area contributed by atoms with Gasteiger partial charge in [-0.25, -0.2) is 10.4 Å². The lowest BCUT2D eigenvalue weighted by Crippen LogP contribution is -2.19. The minimum atomic E-state index is -0.194. The Morgan fingerprint density at radius 1 is 1.28 bits per heavy atom. The molecule has 0 saturated heterocycles. The Kier molecular flexibility index (Phi) is 7.91. The van der Waals surface area contributed by atoms with E-state index < -0.39 is 0 Å². The Morgan fingerprint density at radius 2 is 2.07 bits per heavy atom. The van der Waals surface area contributed by atoms with Gasteiger partial charge in [0.1, 0.15) is 0 Å². The molecule has 1 heterocycles. The quantitative estimate of drug-likeness (QED) is 0.255. The molecule has 9 heteroatoms. The van der Waals surface area contributed by atoms with Gasteiger partial charge in [0, 0.05) is 0 Å². The van der Waals surface area contributed by atoms with Crippen molar-refractivity contribution in [2.75, 3.05) is 19.0 Å². The number of hydrogen-bond donors (Lipinski definition) is 1. The largest absolute Gasteiger partial charge is 0.490 e. The molecule has 6 nitrogen and oxygen atoms in total. The van der Waals surface area contributed by atoms with Crippen molar-refractivity contribution in [3.63, 3.8) is 0 Å². The summed E-state index contributed by atoms with van der Waals surface area (Å²) in [6.45, 7) is 4.88. The van der Waals surface area contributed by atoms with Crippen LogP contribution in [0.3, 0.4) is 0 Å². The van der Waals surface area contributed by atoms with Crippen LogP contribution in [0.1, 0.15) is 19.4 Å². The second-order valence-electron chi connectivity index (χ2n) is 5.73. The minimum absolute atomic E-state index is 0.194. The number of thioether (sulfide) groups is 1. The van der Waals surface area contributed by atoms with Crippen molar-refractivity contribution in [1.82, 2.24) is 10.4 Å². The monoisotopic (exact) mass is 493 g/mol. The zero-order valence-electron chi connectivity index (χ0n) is 16.0. The molecule has 0 fully saturated rings. The Hall–Kier alpha value is -2.10. The molecule has 0 aliphatic carbocycles. The van der Waals surface area contributed by atoms with Crippen LogP contribution in [0.5, 0.6) is 11.5 Å². The molecule has 0 saturated carbocycles. The van der Waals surface area contributed by atoms with E-state index in [1.165, 1.54) is 11.8 Å². The minimum Gasteiger partial charge on any atom is -0.490 e. The summed E-state index contributed by atoms with van der Waals surface area (Å²) in [6, 6.07) is 11.6. The van der Waals surface area contributed by atoms with Gasteiger partial charge in [-0.05, 0) is 59.6 Å². The van der Waals surface area contributed by atoms with Crippen molar-refractivity contribution in [3.8, 4) is 11.5 Å². The maximum atomic E-state index is 12.1. The lowest BCUT2D eigenvalue weighted by molar-refractivity contribution is -0.118. The number of carbonyl (C=O) groups is 1. The standard InChI is InChI=1S/C20H20BrN3O3S2/c1-3-26-16-10-13(9-14(21)19(16)27-4-2)11-22-24-18(25)12-28-20-23-15-7-5-6-8-17(15)29-20/h5-11H,3-4,12H2,1-2H3,(H,24,25). The molecule has 1 amide bonds. The molecular weight excluding hydrogens is 474 g/mol. The predicted octanol–water partition coefficient (Wildman–Crippen LogP) is 5.10. The maximum absolute atomic E-state index is 12.1. The van der Waals surface area contributed by atoms with E-state index in [2.05, 4.69) is 31.4 Å². The lowest BCUT2D eigenvalue weighted by Gasteiger charge is -2.13. The molecule has 3 rings (SSSR count). The Bertz CT molecular complexity index is 990. The van der Waals surface area contributed by atoms with Crippen molar-refractivity contribution in [1.29, 1.82) is 0 Å². The topological polar surface area (TPSA) is 72.8 Å². The van der Waals surface area contributed by atoms with Gasteiger partial charge in [-0.1, -0.05) is 23.9 Å². The van der Waals surface area contributed by atoms with Crippen LogP contribution in [0.25, 0.3) is 10.2 Å². The van der Waals surface area contributed by atoms with E-state index in [0.717, 1.165) is 24.6 Å². The zero-order valence-corrected chi connectivity index (χ0v) is 19.2. The molecule has 0 bridgehead atoms. The van der Waals surface area contributed by atoms with E-state index in [0.29, 0.717) is 24.7 Å². The summed E-state index contributed by atoms with van der Waals surface area (Å²) in [7, 11) is 0. The normalized spacial score (nSPS) is 11.1. The Labute approximate surface area is 185 Å². The van der Waals surface area contributed by atoms with Crippen LogP contribution in [0.15, 0.2) is 50.3 Å². The molecule has 1 aromatic heterocycles. The fourth-order valence-electron chi connectivity index (χ4n) is 2.46. The number of nitrogens with zero attached hydrogens (tertiary/aromatic N) is 2. The SMILES string of the molecule is CCOc1cc(C=NNC(=O)CSc2nc3ccccc3s2)cc(Br)c1OCC. The fourth-order valence-corrected chi connectivity index (χ4v) is 4.90. The first kappa shape index (κ1) is 21.6. The second-order valence-corrected chi connectivity index (χ2v) is 8.83. The first-order valence-electron chi connectivity index (χ1n) is 9.00. The number of fused-ring (bicyclic) bond motifs is 1. The highest BCUT2D eigenvalue weighted by Gasteiger charge is 2.11. The van der Waals surface area contributed by atoms with E-state index >= 15 is 0 Å². The van der Waals surface area contributed by atoms with E-state index in [1.807, 2.05) is 50.2 Å². The van der Waals surface area contributed by atoms with Gasteiger partial charge in [0.05, 0.1) is 39.9 Å². The third-order valence-corrected chi connectivity index (χ3v) is 6.39. The van der Waals surface area contributed by atoms with E-state index in [9.17, 15) is 4.79 Å². The predicted molar refractivity (Wildman–Crippen MR) is 123 cm³/mol. The summed E-state index contributed by atoms with van der Waals surface area (Å²) in [5.74, 6) is 1.33. The molecule has 29 heavy (non-hydrogen) atoms. The van der Waals surface area contributed by atoms with Crippen molar-refractivity contribution in [2.24, 2.45) is 5.10 Å². The van der Waals surface area contributed by atoms with Gasteiger partial charge < -0.3 is 9.47 Å². The number of hydrazone groups is 1. The molecule has 0 aliphatic rings. The smallest absolute Gasteiger partial charge is 0.250 e. The van der Waals surface area contributed by atoms with Crippen LogP contribution < -0.4 is 14.9 Å². The van der Waals surface area contributed by atoms with Crippen molar-refractivity contribution in [3.05, 3.63) is 46.4 Å². The number of halogens is 1. The van der Waals surface area contributed by atoms with Crippen molar-refractivity contribution >= 4 is 61.4 Å². The number of ether oxygens (including phenoxy) is 2. The van der Waals surface area contributed by atoms with Gasteiger partial charge in [0.15, 0.2) is 15.8 Å². The molecule has 152 valence electrons. The highest BCUT2D eigenvalue weighted by Crippen LogP contribution is 2.36. The van der Waals surface area contributed by atoms with E-state index in [4.69, 9.17) is 9.47 Å². The summed E-state index contributed by atoms with van der Waals surface area (Å²) in [6.07, 6.45) is 1.57. The summed E-state index contributed by atoms with van der Waals surface area (Å²) in [4.78, 5) is 16.6. The molecule has 0 atom stereocenters. The lowest BCUT2D eigenvalue weighted by atomic mass is 10.2. The van der Waals surface area contributed by atoms with Crippen molar-refractivity contribution in [2.45, 2.75) is 18.2 Å². The van der Waals surface area contributed by atoms with Crippen LogP contribution in [-0.4, -0.2) is 36.1 Å². The summed E-state index contributed by atoms with van der Waals surface area (Å²) < 4.78 is 14.0. The van der Waals surface area contributed by atoms with Gasteiger partial charge in [-0.15, -0.1) is 11.3 Å². The van der Waals surface area contributed by atoms with Crippen LogP contribution in [0.4, 0.5) is 0 Å². The number of rotatable bonds is 9. The molecular formula is C20H20BrN3O3S2. The first-order valence-corrected chi connectivity index (χ1v) is 11.6. The highest BCUT2D eigenvalue weighted by molar-refractivity contribution is 9.10. The number of nitrogens with one attached hydrogen (secondary N) is 1. The molecule has 3 aromatic rings. The Morgan fingerprint density at radius 3 is 2.83 bits per heavy atom. The number of aromatic nitrogens is 1. The fraction of sp³-hybridized carbons (Fsp3) is 0.250. The van der Waals surface area contributed by atoms with Crippen LogP contribution in [-0.2, 0) is 4.79 Å². The van der Waals surface area contributed by atoms with Gasteiger partial charge in [-0.2, -0.15) is 5.10 Å². The van der Waals surface area contributed by atoms with Gasteiger partial charge in [0.2, 0.25) is 0 Å². The third-order valence-electron chi connectivity index (χ3n) is 3.62. The van der Waals surface area contributed by atoms with Gasteiger partial charge >= 0.3 is 0 Å². The number of carbonyl (C=O) groups excluding carboxylic acids is 1. The molecule has 0 aliphatic heterocycles. The molecule has 0 radical (unpaired) electrons. The number of para-hydroxylation sites is 1. The molecule has 2 aromatic carbocycles. The number of amides is 1.